The van der Waals surface area contributed by atoms with Gasteiger partial charge in [0.2, 0.25) is 0 Å². The number of β-amino-alcohol motifs (C(OH)–C–C–N with tert-alkyl or cyclic N) is 1. The largest absolute Gasteiger partial charge is 0.490 e. The van der Waals surface area contributed by atoms with Gasteiger partial charge in [0.1, 0.15) is 0 Å². The molecule has 1 aromatic rings. The van der Waals surface area contributed by atoms with Crippen LogP contribution in [0.4, 0.5) is 26.3 Å². The molecule has 1 saturated heterocycles. The molecule has 1 aliphatic carbocycles. The molecule has 2 atom stereocenters. The van der Waals surface area contributed by atoms with Crippen LogP contribution in [0.3, 0.4) is 0 Å². The fourth-order valence-corrected chi connectivity index (χ4v) is 3.67. The Labute approximate surface area is 217 Å². The molecule has 1 aromatic carbocycles. The van der Waals surface area contributed by atoms with Crippen molar-refractivity contribution in [2.24, 2.45) is 11.8 Å². The van der Waals surface area contributed by atoms with Crippen LogP contribution in [0.5, 0.6) is 0 Å². The van der Waals surface area contributed by atoms with E-state index in [0.717, 1.165) is 32.1 Å². The highest BCUT2D eigenvalue weighted by Gasteiger charge is 2.39. The number of likely N-dealkylation sites (tertiary alicyclic amines) is 1. The first kappa shape index (κ1) is 33.4. The van der Waals surface area contributed by atoms with E-state index in [1.807, 2.05) is 13.8 Å². The van der Waals surface area contributed by atoms with Crippen LogP contribution in [0.1, 0.15) is 38.7 Å². The molecule has 0 bridgehead atoms. The van der Waals surface area contributed by atoms with Crippen molar-refractivity contribution >= 4 is 18.0 Å². The molecule has 3 rings (SSSR count). The van der Waals surface area contributed by atoms with Gasteiger partial charge in [-0.15, -0.1) is 0 Å². The Hall–Kier alpha value is -2.64. The fourth-order valence-electron chi connectivity index (χ4n) is 3.67. The third-order valence-electron chi connectivity index (χ3n) is 5.65. The molecule has 216 valence electrons. The molecule has 0 amide bonds. The highest BCUT2D eigenvalue weighted by Crippen LogP contribution is 2.33. The second-order valence-electron chi connectivity index (χ2n) is 9.82. The molecule has 4 N–H and O–H groups in total. The molecule has 7 nitrogen and oxygen atoms in total. The number of hydrogen-bond donors (Lipinski definition) is 4. The van der Waals surface area contributed by atoms with E-state index >= 15 is 0 Å². The fraction of sp³-hybridized carbons (Fsp3) is 0.600. The highest BCUT2D eigenvalue weighted by molar-refractivity contribution is 5.73. The molecule has 1 heterocycles. The van der Waals surface area contributed by atoms with E-state index in [-0.39, 0.29) is 0 Å². The summed E-state index contributed by atoms with van der Waals surface area (Å²) in [5, 5.41) is 27.9. The SMILES string of the molecule is CC(C)(O)CN1CCC(CNC2CC2/C=C/c2ccccc2)CC1.O=C(O)C(F)(F)F.O=C(O)C(F)(F)F. The number of halogens is 6. The second-order valence-corrected chi connectivity index (χ2v) is 9.82. The van der Waals surface area contributed by atoms with Crippen LogP contribution in [-0.2, 0) is 9.59 Å². The van der Waals surface area contributed by atoms with Crippen LogP contribution in [0.15, 0.2) is 36.4 Å². The summed E-state index contributed by atoms with van der Waals surface area (Å²) in [5.41, 5.74) is 0.722. The third kappa shape index (κ3) is 14.9. The molecule has 1 aliphatic heterocycles. The smallest absolute Gasteiger partial charge is 0.475 e. The van der Waals surface area contributed by atoms with Crippen LogP contribution >= 0.6 is 0 Å². The standard InChI is InChI=1S/C21H32N2O.2C2HF3O2/c1-21(2,24)16-23-12-10-18(11-13-23)15-22-20-14-19(20)9-8-17-6-4-3-5-7-17;2*3-2(4,5)1(6)7/h3-9,18-20,22,24H,10-16H2,1-2H3;2*(H,6,7)/b9-8+;;. The lowest BCUT2D eigenvalue weighted by Gasteiger charge is -2.35. The Morgan fingerprint density at radius 1 is 0.974 bits per heavy atom. The summed E-state index contributed by atoms with van der Waals surface area (Å²) in [5.74, 6) is -4.01. The van der Waals surface area contributed by atoms with E-state index in [1.54, 1.807) is 0 Å². The van der Waals surface area contributed by atoms with Crippen molar-refractivity contribution in [1.82, 2.24) is 10.2 Å². The van der Waals surface area contributed by atoms with Crippen LogP contribution in [-0.4, -0.2) is 82.3 Å². The van der Waals surface area contributed by atoms with Crippen LogP contribution < -0.4 is 5.32 Å². The first-order chi connectivity index (χ1) is 17.4. The van der Waals surface area contributed by atoms with E-state index in [0.29, 0.717) is 12.0 Å². The van der Waals surface area contributed by atoms with Gasteiger partial charge in [-0.25, -0.2) is 9.59 Å². The van der Waals surface area contributed by atoms with Crippen LogP contribution in [0, 0.1) is 11.8 Å². The van der Waals surface area contributed by atoms with Gasteiger partial charge in [0.25, 0.3) is 0 Å². The number of hydrogen-bond acceptors (Lipinski definition) is 5. The van der Waals surface area contributed by atoms with Crippen molar-refractivity contribution in [3.63, 3.8) is 0 Å². The maximum Gasteiger partial charge on any atom is 0.490 e. The quantitative estimate of drug-likeness (QED) is 0.368. The number of benzene rings is 1. The van der Waals surface area contributed by atoms with Gasteiger partial charge in [0.15, 0.2) is 0 Å². The monoisotopic (exact) mass is 556 g/mol. The minimum absolute atomic E-state index is 0.572. The van der Waals surface area contributed by atoms with E-state index in [2.05, 4.69) is 52.7 Å². The van der Waals surface area contributed by atoms with Crippen molar-refractivity contribution < 1.29 is 51.3 Å². The van der Waals surface area contributed by atoms with Gasteiger partial charge < -0.3 is 25.5 Å². The summed E-state index contributed by atoms with van der Waals surface area (Å²) in [4.78, 5) is 20.2. The zero-order chi connectivity index (χ0) is 29.1. The van der Waals surface area contributed by atoms with Gasteiger partial charge in [-0.3, -0.25) is 0 Å². The van der Waals surface area contributed by atoms with Crippen molar-refractivity contribution in [2.45, 2.75) is 57.1 Å². The third-order valence-corrected chi connectivity index (χ3v) is 5.65. The summed E-state index contributed by atoms with van der Waals surface area (Å²) < 4.78 is 63.5. The molecule has 0 radical (unpaired) electrons. The van der Waals surface area contributed by atoms with Crippen molar-refractivity contribution in [3.05, 3.63) is 42.0 Å². The minimum Gasteiger partial charge on any atom is -0.475 e. The topological polar surface area (TPSA) is 110 Å². The Balaban J connectivity index is 0.000000426. The molecule has 13 heteroatoms. The number of carboxylic acid groups (broad SMARTS) is 2. The predicted molar refractivity (Wildman–Crippen MR) is 128 cm³/mol. The maximum atomic E-state index is 10.6. The van der Waals surface area contributed by atoms with Crippen LogP contribution in [0.25, 0.3) is 6.08 Å². The summed E-state index contributed by atoms with van der Waals surface area (Å²) >= 11 is 0. The second kappa shape index (κ2) is 14.5. The number of alkyl halides is 6. The van der Waals surface area contributed by atoms with Gasteiger partial charge in [0, 0.05) is 12.6 Å². The lowest BCUT2D eigenvalue weighted by molar-refractivity contribution is -0.193. The number of nitrogens with zero attached hydrogens (tertiary/aromatic N) is 1. The molecule has 0 spiro atoms. The maximum absolute atomic E-state index is 10.6. The van der Waals surface area contributed by atoms with Crippen molar-refractivity contribution in [3.8, 4) is 0 Å². The Morgan fingerprint density at radius 2 is 1.45 bits per heavy atom. The van der Waals surface area contributed by atoms with Crippen molar-refractivity contribution in [1.29, 1.82) is 0 Å². The van der Waals surface area contributed by atoms with E-state index < -0.39 is 29.9 Å². The Kier molecular flexibility index (Phi) is 12.7. The average molecular weight is 557 g/mol. The lowest BCUT2D eigenvalue weighted by atomic mass is 9.95. The van der Waals surface area contributed by atoms with E-state index in [1.165, 1.54) is 24.8 Å². The first-order valence-electron chi connectivity index (χ1n) is 11.9. The van der Waals surface area contributed by atoms with Gasteiger partial charge in [-0.1, -0.05) is 42.5 Å². The number of carbonyl (C=O) groups is 2. The normalized spacial score (nSPS) is 20.7. The average Bonchev–Trinajstić information content (AvgIpc) is 3.55. The van der Waals surface area contributed by atoms with Gasteiger partial charge in [-0.2, -0.15) is 26.3 Å². The summed E-state index contributed by atoms with van der Waals surface area (Å²) in [6, 6.07) is 11.2. The molecule has 2 aliphatic rings. The molecular weight excluding hydrogens is 522 g/mol. The molecular formula is C25H34F6N2O5. The number of aliphatic carboxylic acids is 2. The Bertz CT molecular complexity index is 868. The predicted octanol–water partition coefficient (Wildman–Crippen LogP) is 4.43. The summed E-state index contributed by atoms with van der Waals surface area (Å²) in [6.45, 7) is 7.99. The number of rotatable bonds is 7. The van der Waals surface area contributed by atoms with Gasteiger partial charge in [0.05, 0.1) is 5.60 Å². The van der Waals surface area contributed by atoms with Crippen LogP contribution in [0.2, 0.25) is 0 Å². The zero-order valence-electron chi connectivity index (χ0n) is 21.1. The Morgan fingerprint density at radius 3 is 1.87 bits per heavy atom. The molecule has 0 aromatic heterocycles. The number of carboxylic acids is 2. The zero-order valence-corrected chi connectivity index (χ0v) is 21.1. The number of piperidine rings is 1. The van der Waals surface area contributed by atoms with Crippen molar-refractivity contribution in [2.75, 3.05) is 26.2 Å². The van der Waals surface area contributed by atoms with E-state index in [9.17, 15) is 31.4 Å². The van der Waals surface area contributed by atoms with Gasteiger partial charge >= 0.3 is 24.3 Å². The minimum atomic E-state index is -5.08. The summed E-state index contributed by atoms with van der Waals surface area (Å²) in [7, 11) is 0. The van der Waals surface area contributed by atoms with E-state index in [4.69, 9.17) is 19.8 Å². The molecule has 2 fully saturated rings. The molecule has 38 heavy (non-hydrogen) atoms. The number of aliphatic hydroxyl groups is 1. The summed E-state index contributed by atoms with van der Waals surface area (Å²) in [6.07, 6.45) is -1.78. The first-order valence-corrected chi connectivity index (χ1v) is 11.9. The molecule has 1 saturated carbocycles. The van der Waals surface area contributed by atoms with Gasteiger partial charge in [-0.05, 0) is 70.1 Å². The number of nitrogens with one attached hydrogen (secondary N) is 1. The molecule has 2 unspecified atom stereocenters. The lowest BCUT2D eigenvalue weighted by Crippen LogP contribution is -2.44. The highest BCUT2D eigenvalue weighted by atomic mass is 19.4.